The van der Waals surface area contributed by atoms with Crippen molar-refractivity contribution in [1.29, 1.82) is 0 Å². The summed E-state index contributed by atoms with van der Waals surface area (Å²) in [4.78, 5) is 11.5. The van der Waals surface area contributed by atoms with Gasteiger partial charge in [0.25, 0.3) is 0 Å². The van der Waals surface area contributed by atoms with E-state index in [1.54, 1.807) is 28.7 Å². The van der Waals surface area contributed by atoms with Crippen LogP contribution >= 0.6 is 22.7 Å². The summed E-state index contributed by atoms with van der Waals surface area (Å²) in [6.07, 6.45) is 2.87. The molecule has 2 nitrogen and oxygen atoms in total. The van der Waals surface area contributed by atoms with E-state index in [1.807, 2.05) is 6.92 Å². The molecule has 15 heavy (non-hydrogen) atoms. The van der Waals surface area contributed by atoms with E-state index in [1.165, 1.54) is 26.6 Å². The van der Waals surface area contributed by atoms with E-state index in [0.717, 1.165) is 4.88 Å². The molecule has 0 saturated carbocycles. The van der Waals surface area contributed by atoms with Gasteiger partial charge in [0.1, 0.15) is 0 Å². The maximum atomic E-state index is 10.4. The number of hydrogen-bond acceptors (Lipinski definition) is 3. The maximum Gasteiger partial charge on any atom is 0.328 e. The molecule has 2 aromatic rings. The van der Waals surface area contributed by atoms with Gasteiger partial charge >= 0.3 is 5.97 Å². The zero-order valence-corrected chi connectivity index (χ0v) is 10.0. The van der Waals surface area contributed by atoms with Crippen molar-refractivity contribution in [1.82, 2.24) is 0 Å². The molecule has 0 bridgehead atoms. The molecular weight excluding hydrogens is 228 g/mol. The van der Waals surface area contributed by atoms with Crippen LogP contribution < -0.4 is 0 Å². The number of rotatable bonds is 2. The van der Waals surface area contributed by atoms with Gasteiger partial charge in [0.05, 0.1) is 4.01 Å². The van der Waals surface area contributed by atoms with Gasteiger partial charge in [-0.3, -0.25) is 0 Å². The van der Waals surface area contributed by atoms with Gasteiger partial charge in [-0.15, -0.1) is 22.7 Å². The van der Waals surface area contributed by atoms with Crippen molar-refractivity contribution in [3.8, 4) is 0 Å². The van der Waals surface area contributed by atoms with Crippen LogP contribution in [0.25, 0.3) is 15.5 Å². The Morgan fingerprint density at radius 3 is 2.80 bits per heavy atom. The minimum Gasteiger partial charge on any atom is -0.478 e. The summed E-state index contributed by atoms with van der Waals surface area (Å²) in [7, 11) is 0. The van der Waals surface area contributed by atoms with E-state index in [9.17, 15) is 4.79 Å². The average Bonchev–Trinajstić information content (AvgIpc) is 2.66. The summed E-state index contributed by atoms with van der Waals surface area (Å²) in [5.41, 5.74) is 2.46. The SMILES string of the molecule is Cc1csc2sc(/C=C\C(=O)O)c(C)c12. The van der Waals surface area contributed by atoms with Crippen LogP contribution in [0.4, 0.5) is 0 Å². The van der Waals surface area contributed by atoms with E-state index in [4.69, 9.17) is 5.11 Å². The molecule has 2 rings (SSSR count). The fourth-order valence-electron chi connectivity index (χ4n) is 1.55. The number of carbonyl (C=O) groups is 1. The van der Waals surface area contributed by atoms with Crippen LogP contribution in [0.3, 0.4) is 0 Å². The number of thiophene rings is 2. The topological polar surface area (TPSA) is 37.3 Å². The first kappa shape index (κ1) is 10.4. The molecule has 0 atom stereocenters. The van der Waals surface area contributed by atoms with Crippen LogP contribution in [0, 0.1) is 13.8 Å². The molecule has 4 heteroatoms. The Kier molecular flexibility index (Phi) is 2.63. The predicted octanol–water partition coefficient (Wildman–Crippen LogP) is 3.68. The fourth-order valence-corrected chi connectivity index (χ4v) is 4.00. The first-order valence-electron chi connectivity index (χ1n) is 4.48. The molecule has 0 unspecified atom stereocenters. The van der Waals surface area contributed by atoms with Gasteiger partial charge in [-0.25, -0.2) is 4.79 Å². The summed E-state index contributed by atoms with van der Waals surface area (Å²) in [5.74, 6) is -0.900. The van der Waals surface area contributed by atoms with Gasteiger partial charge in [-0.05, 0) is 36.4 Å². The van der Waals surface area contributed by atoms with Crippen molar-refractivity contribution in [3.63, 3.8) is 0 Å². The molecule has 2 aromatic heterocycles. The second-order valence-corrected chi connectivity index (χ2v) is 5.53. The van der Waals surface area contributed by atoms with E-state index in [-0.39, 0.29) is 0 Å². The third-order valence-electron chi connectivity index (χ3n) is 2.27. The highest BCUT2D eigenvalue weighted by molar-refractivity contribution is 7.38. The molecular formula is C11H10O2S2. The van der Waals surface area contributed by atoms with Gasteiger partial charge in [0.2, 0.25) is 0 Å². The number of hydrogen-bond donors (Lipinski definition) is 1. The molecule has 0 aliphatic carbocycles. The van der Waals surface area contributed by atoms with Crippen LogP contribution in [0.15, 0.2) is 11.5 Å². The molecule has 0 amide bonds. The lowest BCUT2D eigenvalue weighted by atomic mass is 10.1. The van der Waals surface area contributed by atoms with Gasteiger partial charge < -0.3 is 5.11 Å². The van der Waals surface area contributed by atoms with E-state index in [0.29, 0.717) is 0 Å². The summed E-state index contributed by atoms with van der Waals surface area (Å²) < 4.78 is 1.27. The summed E-state index contributed by atoms with van der Waals surface area (Å²) in [6.45, 7) is 4.13. The molecule has 0 saturated heterocycles. The van der Waals surface area contributed by atoms with Crippen LogP contribution in [0.5, 0.6) is 0 Å². The minimum atomic E-state index is -0.900. The van der Waals surface area contributed by atoms with Crippen LogP contribution in [-0.4, -0.2) is 11.1 Å². The maximum absolute atomic E-state index is 10.4. The average molecular weight is 238 g/mol. The minimum absolute atomic E-state index is 0.900. The van der Waals surface area contributed by atoms with Gasteiger partial charge in [0, 0.05) is 16.3 Å². The standard InChI is InChI=1S/C11H10O2S2/c1-6-5-14-11-10(6)7(2)8(15-11)3-4-9(12)13/h3-5H,1-2H3,(H,12,13)/b4-3-. The Morgan fingerprint density at radius 2 is 2.20 bits per heavy atom. The third kappa shape index (κ3) is 1.82. The third-order valence-corrected chi connectivity index (χ3v) is 4.75. The van der Waals surface area contributed by atoms with Gasteiger partial charge in [-0.1, -0.05) is 0 Å². The van der Waals surface area contributed by atoms with E-state index < -0.39 is 5.97 Å². The van der Waals surface area contributed by atoms with Crippen LogP contribution in [0.1, 0.15) is 16.0 Å². The molecule has 0 aliphatic heterocycles. The molecule has 0 aliphatic rings. The number of aliphatic carboxylic acids is 1. The molecule has 1 N–H and O–H groups in total. The number of carboxylic acid groups (broad SMARTS) is 1. The highest BCUT2D eigenvalue weighted by Gasteiger charge is 2.10. The Labute approximate surface area is 95.5 Å². The van der Waals surface area contributed by atoms with Crippen molar-refractivity contribution in [2.24, 2.45) is 0 Å². The second kappa shape index (κ2) is 3.79. The number of fused-ring (bicyclic) bond motifs is 1. The highest BCUT2D eigenvalue weighted by Crippen LogP contribution is 2.38. The van der Waals surface area contributed by atoms with Crippen molar-refractivity contribution in [3.05, 3.63) is 27.5 Å². The highest BCUT2D eigenvalue weighted by atomic mass is 32.2. The first-order chi connectivity index (χ1) is 7.09. The van der Waals surface area contributed by atoms with Crippen LogP contribution in [0.2, 0.25) is 0 Å². The van der Waals surface area contributed by atoms with Crippen LogP contribution in [-0.2, 0) is 4.79 Å². The van der Waals surface area contributed by atoms with Crippen molar-refractivity contribution in [2.75, 3.05) is 0 Å². The molecule has 2 heterocycles. The van der Waals surface area contributed by atoms with Gasteiger partial charge in [0.15, 0.2) is 0 Å². The lowest BCUT2D eigenvalue weighted by molar-refractivity contribution is -0.131. The predicted molar refractivity (Wildman–Crippen MR) is 65.8 cm³/mol. The summed E-state index contributed by atoms with van der Waals surface area (Å²) in [6, 6.07) is 0. The van der Waals surface area contributed by atoms with Crippen molar-refractivity contribution >= 4 is 44.1 Å². The van der Waals surface area contributed by atoms with Gasteiger partial charge in [-0.2, -0.15) is 0 Å². The Hall–Kier alpha value is -1.13. The molecule has 0 aromatic carbocycles. The number of carboxylic acids is 1. The van der Waals surface area contributed by atoms with Crippen molar-refractivity contribution in [2.45, 2.75) is 13.8 Å². The largest absolute Gasteiger partial charge is 0.478 e. The zero-order chi connectivity index (χ0) is 11.0. The Morgan fingerprint density at radius 1 is 1.47 bits per heavy atom. The Bertz CT molecular complexity index is 546. The summed E-state index contributed by atoms with van der Waals surface area (Å²) >= 11 is 3.38. The molecule has 0 spiro atoms. The quantitative estimate of drug-likeness (QED) is 0.810. The normalized spacial score (nSPS) is 11.6. The van der Waals surface area contributed by atoms with Crippen molar-refractivity contribution < 1.29 is 9.90 Å². The lowest BCUT2D eigenvalue weighted by Gasteiger charge is -1.91. The second-order valence-electron chi connectivity index (χ2n) is 3.34. The fraction of sp³-hybridized carbons (Fsp3) is 0.182. The molecule has 0 radical (unpaired) electrons. The monoisotopic (exact) mass is 238 g/mol. The van der Waals surface area contributed by atoms with E-state index >= 15 is 0 Å². The molecule has 78 valence electrons. The number of aryl methyl sites for hydroxylation is 2. The first-order valence-corrected chi connectivity index (χ1v) is 6.17. The lowest BCUT2D eigenvalue weighted by Crippen LogP contribution is -1.85. The molecule has 0 fully saturated rings. The smallest absolute Gasteiger partial charge is 0.328 e. The summed E-state index contributed by atoms with van der Waals surface area (Å²) in [5, 5.41) is 12.0. The zero-order valence-electron chi connectivity index (χ0n) is 8.40. The Balaban J connectivity index is 2.54. The van der Waals surface area contributed by atoms with E-state index in [2.05, 4.69) is 12.3 Å².